The van der Waals surface area contributed by atoms with E-state index >= 15 is 0 Å². The molecule has 0 heterocycles. The zero-order valence-electron chi connectivity index (χ0n) is 8.91. The Hall–Kier alpha value is -1.12. The molecule has 0 saturated heterocycles. The molecule has 0 spiro atoms. The lowest BCUT2D eigenvalue weighted by molar-refractivity contribution is -0.144. The zero-order valence-corrected chi connectivity index (χ0v) is 8.91. The van der Waals surface area contributed by atoms with E-state index in [1.807, 2.05) is 6.08 Å². The summed E-state index contributed by atoms with van der Waals surface area (Å²) in [4.78, 5) is 22.0. The Morgan fingerprint density at radius 1 is 1.29 bits per heavy atom. The summed E-state index contributed by atoms with van der Waals surface area (Å²) >= 11 is 0. The van der Waals surface area contributed by atoms with Gasteiger partial charge in [0.15, 0.2) is 5.78 Å². The van der Waals surface area contributed by atoms with Gasteiger partial charge in [0, 0.05) is 0 Å². The second-order valence-electron chi connectivity index (χ2n) is 2.99. The number of esters is 1. The van der Waals surface area contributed by atoms with E-state index in [0.717, 1.165) is 19.3 Å². The van der Waals surface area contributed by atoms with Gasteiger partial charge in [0.05, 0.1) is 6.61 Å². The van der Waals surface area contributed by atoms with Crippen LogP contribution in [0.2, 0.25) is 0 Å². The van der Waals surface area contributed by atoms with Crippen molar-refractivity contribution in [2.45, 2.75) is 39.5 Å². The number of ether oxygens (including phenoxy) is 1. The van der Waals surface area contributed by atoms with Crippen LogP contribution in [-0.4, -0.2) is 18.4 Å². The number of rotatable bonds is 7. The molecule has 0 aliphatic heterocycles. The molecule has 14 heavy (non-hydrogen) atoms. The van der Waals surface area contributed by atoms with Gasteiger partial charge in [-0.15, -0.1) is 0 Å². The third-order valence-electron chi connectivity index (χ3n) is 1.65. The van der Waals surface area contributed by atoms with Crippen molar-refractivity contribution >= 4 is 11.8 Å². The molecule has 0 aromatic heterocycles. The molecule has 0 atom stereocenters. The number of hydrogen-bond donors (Lipinski definition) is 0. The fourth-order valence-electron chi connectivity index (χ4n) is 0.950. The highest BCUT2D eigenvalue weighted by molar-refractivity contribution is 6.01. The summed E-state index contributed by atoms with van der Waals surface area (Å²) in [5, 5.41) is 0. The van der Waals surface area contributed by atoms with Gasteiger partial charge in [-0.3, -0.25) is 9.59 Å². The molecule has 0 fully saturated rings. The van der Waals surface area contributed by atoms with E-state index in [1.54, 1.807) is 6.92 Å². The predicted octanol–water partition coefficient (Wildman–Crippen LogP) is 2.26. The average molecular weight is 198 g/mol. The standard InChI is InChI=1S/C11H18O3/c1-3-5-6-7-8-10(12)9-11(13)14-4-2/h7-8H,3-6,9H2,1-2H3. The number of ketones is 1. The van der Waals surface area contributed by atoms with E-state index in [-0.39, 0.29) is 12.2 Å². The van der Waals surface area contributed by atoms with E-state index in [2.05, 4.69) is 11.7 Å². The van der Waals surface area contributed by atoms with Gasteiger partial charge in [-0.2, -0.15) is 0 Å². The van der Waals surface area contributed by atoms with Crippen LogP contribution >= 0.6 is 0 Å². The molecule has 0 amide bonds. The van der Waals surface area contributed by atoms with E-state index < -0.39 is 5.97 Å². The fourth-order valence-corrected chi connectivity index (χ4v) is 0.950. The van der Waals surface area contributed by atoms with Gasteiger partial charge in [0.2, 0.25) is 0 Å². The van der Waals surface area contributed by atoms with Gasteiger partial charge in [-0.1, -0.05) is 25.8 Å². The second kappa shape index (κ2) is 8.48. The Balaban J connectivity index is 3.63. The highest BCUT2D eigenvalue weighted by Crippen LogP contribution is 1.97. The Morgan fingerprint density at radius 2 is 2.00 bits per heavy atom. The first-order valence-electron chi connectivity index (χ1n) is 5.05. The van der Waals surface area contributed by atoms with Gasteiger partial charge in [0.1, 0.15) is 6.42 Å². The van der Waals surface area contributed by atoms with Gasteiger partial charge in [0.25, 0.3) is 0 Å². The summed E-state index contributed by atoms with van der Waals surface area (Å²) in [6.45, 7) is 4.14. The van der Waals surface area contributed by atoms with Crippen LogP contribution in [0, 0.1) is 0 Å². The number of carbonyl (C=O) groups excluding carboxylic acids is 2. The van der Waals surface area contributed by atoms with Crippen molar-refractivity contribution < 1.29 is 14.3 Å². The van der Waals surface area contributed by atoms with Crippen molar-refractivity contribution in [1.82, 2.24) is 0 Å². The molecule has 0 bridgehead atoms. The monoisotopic (exact) mass is 198 g/mol. The minimum absolute atomic E-state index is 0.142. The Kier molecular flexibility index (Phi) is 7.80. The molecule has 80 valence electrons. The Morgan fingerprint density at radius 3 is 2.57 bits per heavy atom. The van der Waals surface area contributed by atoms with Crippen LogP contribution in [0.3, 0.4) is 0 Å². The van der Waals surface area contributed by atoms with Crippen LogP contribution in [0.15, 0.2) is 12.2 Å². The molecule has 0 radical (unpaired) electrons. The van der Waals surface area contributed by atoms with Crippen LogP contribution in [0.4, 0.5) is 0 Å². The van der Waals surface area contributed by atoms with E-state index in [9.17, 15) is 9.59 Å². The lowest BCUT2D eigenvalue weighted by atomic mass is 10.2. The topological polar surface area (TPSA) is 43.4 Å². The van der Waals surface area contributed by atoms with Crippen LogP contribution in [0.5, 0.6) is 0 Å². The molecule has 0 aromatic carbocycles. The first-order chi connectivity index (χ1) is 6.70. The molecular weight excluding hydrogens is 180 g/mol. The van der Waals surface area contributed by atoms with E-state index in [4.69, 9.17) is 0 Å². The minimum Gasteiger partial charge on any atom is -0.466 e. The third kappa shape index (κ3) is 7.53. The van der Waals surface area contributed by atoms with Crippen molar-refractivity contribution in [2.75, 3.05) is 6.61 Å². The van der Waals surface area contributed by atoms with Gasteiger partial charge in [-0.25, -0.2) is 0 Å². The summed E-state index contributed by atoms with van der Waals surface area (Å²) in [5.74, 6) is -0.628. The van der Waals surface area contributed by atoms with Crippen LogP contribution in [0.25, 0.3) is 0 Å². The molecule has 3 nitrogen and oxygen atoms in total. The second-order valence-corrected chi connectivity index (χ2v) is 2.99. The molecule has 0 aromatic rings. The van der Waals surface area contributed by atoms with Crippen LogP contribution < -0.4 is 0 Å². The maximum atomic E-state index is 11.1. The maximum absolute atomic E-state index is 11.1. The fraction of sp³-hybridized carbons (Fsp3) is 0.636. The molecule has 0 saturated carbocycles. The first-order valence-corrected chi connectivity index (χ1v) is 5.05. The van der Waals surface area contributed by atoms with Crippen molar-refractivity contribution in [1.29, 1.82) is 0 Å². The molecule has 3 heteroatoms. The molecule has 0 unspecified atom stereocenters. The van der Waals surface area contributed by atoms with E-state index in [1.165, 1.54) is 6.08 Å². The molecular formula is C11H18O3. The minimum atomic E-state index is -0.447. The van der Waals surface area contributed by atoms with Crippen molar-refractivity contribution in [3.63, 3.8) is 0 Å². The van der Waals surface area contributed by atoms with Crippen molar-refractivity contribution in [2.24, 2.45) is 0 Å². The number of hydrogen-bond acceptors (Lipinski definition) is 3. The summed E-state index contributed by atoms with van der Waals surface area (Å²) in [6, 6.07) is 0. The lowest BCUT2D eigenvalue weighted by Gasteiger charge is -1.97. The number of unbranched alkanes of at least 4 members (excludes halogenated alkanes) is 2. The SMILES string of the molecule is CCCCC=CC(=O)CC(=O)OCC. The normalized spacial score (nSPS) is 10.4. The molecule has 0 N–H and O–H groups in total. The smallest absolute Gasteiger partial charge is 0.313 e. The highest BCUT2D eigenvalue weighted by atomic mass is 16.5. The molecule has 0 aliphatic rings. The largest absolute Gasteiger partial charge is 0.466 e. The highest BCUT2D eigenvalue weighted by Gasteiger charge is 2.06. The van der Waals surface area contributed by atoms with Crippen LogP contribution in [0.1, 0.15) is 39.5 Å². The lowest BCUT2D eigenvalue weighted by Crippen LogP contribution is -2.09. The van der Waals surface area contributed by atoms with Gasteiger partial charge >= 0.3 is 5.97 Å². The summed E-state index contributed by atoms with van der Waals surface area (Å²) in [7, 11) is 0. The average Bonchev–Trinajstić information content (AvgIpc) is 2.13. The maximum Gasteiger partial charge on any atom is 0.313 e. The van der Waals surface area contributed by atoms with Gasteiger partial charge in [-0.05, 0) is 19.4 Å². The number of carbonyl (C=O) groups is 2. The van der Waals surface area contributed by atoms with Gasteiger partial charge < -0.3 is 4.74 Å². The predicted molar refractivity (Wildman–Crippen MR) is 54.9 cm³/mol. The Bertz CT molecular complexity index is 207. The van der Waals surface area contributed by atoms with E-state index in [0.29, 0.717) is 6.61 Å². The quantitative estimate of drug-likeness (QED) is 0.273. The van der Waals surface area contributed by atoms with Crippen molar-refractivity contribution in [3.05, 3.63) is 12.2 Å². The molecule has 0 aliphatic carbocycles. The third-order valence-corrected chi connectivity index (χ3v) is 1.65. The number of allylic oxidation sites excluding steroid dienone is 2. The molecule has 0 rings (SSSR count). The zero-order chi connectivity index (χ0) is 10.8. The van der Waals surface area contributed by atoms with Crippen LogP contribution in [-0.2, 0) is 14.3 Å². The summed E-state index contributed by atoms with van der Waals surface area (Å²) < 4.78 is 4.65. The summed E-state index contributed by atoms with van der Waals surface area (Å²) in [5.41, 5.74) is 0. The first kappa shape index (κ1) is 12.9. The summed E-state index contributed by atoms with van der Waals surface area (Å²) in [6.07, 6.45) is 6.21. The Labute approximate surface area is 85.1 Å². The van der Waals surface area contributed by atoms with Crippen molar-refractivity contribution in [3.8, 4) is 0 Å².